The van der Waals surface area contributed by atoms with E-state index >= 15 is 0 Å². The quantitative estimate of drug-likeness (QED) is 0.656. The van der Waals surface area contributed by atoms with Gasteiger partial charge in [-0.3, -0.25) is 0 Å². The molecule has 0 saturated carbocycles. The van der Waals surface area contributed by atoms with Gasteiger partial charge in [0.1, 0.15) is 5.75 Å². The highest BCUT2D eigenvalue weighted by Crippen LogP contribution is 2.25. The van der Waals surface area contributed by atoms with Crippen LogP contribution in [0.3, 0.4) is 0 Å². The summed E-state index contributed by atoms with van der Waals surface area (Å²) in [5.74, 6) is 0.629. The number of benzene rings is 1. The molecule has 1 aromatic carbocycles. The number of H-pyrrole nitrogens is 1. The number of halogens is 6. The first-order valence-electron chi connectivity index (χ1n) is 8.07. The lowest BCUT2D eigenvalue weighted by molar-refractivity contribution is -0.145. The average Bonchev–Trinajstić information content (AvgIpc) is 2.94. The van der Waals surface area contributed by atoms with Crippen LogP contribution in [0.4, 0.5) is 26.3 Å². The first kappa shape index (κ1) is 20.4. The molecule has 9 heteroatoms. The fourth-order valence-corrected chi connectivity index (χ4v) is 2.68. The summed E-state index contributed by atoms with van der Waals surface area (Å²) in [6, 6.07) is 5.36. The maximum atomic E-state index is 12.4. The molecule has 1 aromatic heterocycles. The lowest BCUT2D eigenvalue weighted by atomic mass is 10.1. The first-order chi connectivity index (χ1) is 12.1. The molecule has 0 fully saturated rings. The predicted octanol–water partition coefficient (Wildman–Crippen LogP) is 4.93. The molecular formula is C17H20F6N2O. The number of methoxy groups -OCH3 is 1. The molecule has 0 saturated heterocycles. The highest BCUT2D eigenvalue weighted by molar-refractivity contribution is 5.84. The Kier molecular flexibility index (Phi) is 6.44. The number of fused-ring (bicyclic) bond motifs is 1. The van der Waals surface area contributed by atoms with E-state index in [-0.39, 0.29) is 6.54 Å². The summed E-state index contributed by atoms with van der Waals surface area (Å²) in [6.45, 7) is -0.799. The van der Waals surface area contributed by atoms with Crippen molar-refractivity contribution in [2.24, 2.45) is 0 Å². The van der Waals surface area contributed by atoms with Gasteiger partial charge in [-0.2, -0.15) is 26.3 Å². The Bertz CT molecular complexity index is 689. The van der Waals surface area contributed by atoms with Gasteiger partial charge in [0, 0.05) is 36.7 Å². The molecule has 2 rings (SSSR count). The van der Waals surface area contributed by atoms with E-state index in [9.17, 15) is 26.3 Å². The summed E-state index contributed by atoms with van der Waals surface area (Å²) >= 11 is 0. The van der Waals surface area contributed by atoms with Crippen molar-refractivity contribution in [2.45, 2.75) is 31.6 Å². The van der Waals surface area contributed by atoms with Gasteiger partial charge in [0.05, 0.1) is 20.0 Å². The molecule has 0 aliphatic heterocycles. The molecule has 0 amide bonds. The topological polar surface area (TPSA) is 28.3 Å². The Labute approximate surface area is 146 Å². The number of hydrogen-bond acceptors (Lipinski definition) is 2. The molecule has 0 unspecified atom stereocenters. The minimum absolute atomic E-state index is 0.107. The van der Waals surface area contributed by atoms with E-state index in [2.05, 4.69) is 4.98 Å². The molecule has 2 aromatic rings. The molecule has 0 bridgehead atoms. The summed E-state index contributed by atoms with van der Waals surface area (Å²) in [6.07, 6.45) is -9.01. The minimum atomic E-state index is -4.40. The molecule has 3 nitrogen and oxygen atoms in total. The van der Waals surface area contributed by atoms with Crippen LogP contribution >= 0.6 is 0 Å². The predicted molar refractivity (Wildman–Crippen MR) is 86.3 cm³/mol. The van der Waals surface area contributed by atoms with Crippen LogP contribution in [-0.4, -0.2) is 49.0 Å². The normalized spacial score (nSPS) is 12.9. The summed E-state index contributed by atoms with van der Waals surface area (Å²) in [4.78, 5) is 4.25. The average molecular weight is 382 g/mol. The van der Waals surface area contributed by atoms with Gasteiger partial charge in [0.25, 0.3) is 0 Å². The Balaban J connectivity index is 2.05. The van der Waals surface area contributed by atoms with E-state index in [1.165, 1.54) is 12.0 Å². The van der Waals surface area contributed by atoms with Crippen molar-refractivity contribution in [3.05, 3.63) is 30.0 Å². The minimum Gasteiger partial charge on any atom is -0.497 e. The lowest BCUT2D eigenvalue weighted by Gasteiger charge is -2.23. The summed E-state index contributed by atoms with van der Waals surface area (Å²) in [5.41, 5.74) is 1.65. The van der Waals surface area contributed by atoms with Crippen molar-refractivity contribution in [3.8, 4) is 5.75 Å². The van der Waals surface area contributed by atoms with E-state index in [1.54, 1.807) is 18.3 Å². The Morgan fingerprint density at radius 1 is 0.962 bits per heavy atom. The zero-order valence-electron chi connectivity index (χ0n) is 14.2. The Hall–Kier alpha value is -1.90. The molecule has 0 aliphatic carbocycles. The van der Waals surface area contributed by atoms with Gasteiger partial charge in [-0.15, -0.1) is 0 Å². The van der Waals surface area contributed by atoms with Crippen molar-refractivity contribution in [3.63, 3.8) is 0 Å². The number of nitrogens with one attached hydrogen (secondary N) is 1. The fourth-order valence-electron chi connectivity index (χ4n) is 2.68. The fraction of sp³-hybridized carbons (Fsp3) is 0.529. The number of aromatic nitrogens is 1. The van der Waals surface area contributed by atoms with Crippen LogP contribution in [0, 0.1) is 0 Å². The van der Waals surface area contributed by atoms with Crippen LogP contribution in [0.1, 0.15) is 18.4 Å². The molecule has 146 valence electrons. The van der Waals surface area contributed by atoms with Gasteiger partial charge < -0.3 is 14.6 Å². The second kappa shape index (κ2) is 8.20. The number of ether oxygens (including phenoxy) is 1. The number of hydrogen-bond donors (Lipinski definition) is 1. The van der Waals surface area contributed by atoms with Gasteiger partial charge in [0.2, 0.25) is 0 Å². The van der Waals surface area contributed by atoms with Gasteiger partial charge in [-0.1, -0.05) is 0 Å². The van der Waals surface area contributed by atoms with E-state index in [0.29, 0.717) is 12.2 Å². The van der Waals surface area contributed by atoms with Gasteiger partial charge in [-0.25, -0.2) is 0 Å². The molecule has 0 spiro atoms. The number of rotatable bonds is 8. The third kappa shape index (κ3) is 6.44. The highest BCUT2D eigenvalue weighted by Gasteiger charge is 2.30. The van der Waals surface area contributed by atoms with Crippen LogP contribution in [-0.2, 0) is 6.42 Å². The van der Waals surface area contributed by atoms with Crippen molar-refractivity contribution in [1.29, 1.82) is 0 Å². The van der Waals surface area contributed by atoms with Crippen LogP contribution in [0.5, 0.6) is 5.75 Å². The number of aromatic amines is 1. The molecule has 1 heterocycles. The second-order valence-electron chi connectivity index (χ2n) is 6.05. The third-order valence-electron chi connectivity index (χ3n) is 4.09. The smallest absolute Gasteiger partial charge is 0.390 e. The molecule has 0 aliphatic rings. The monoisotopic (exact) mass is 382 g/mol. The van der Waals surface area contributed by atoms with Crippen molar-refractivity contribution in [2.75, 3.05) is 26.7 Å². The molecule has 0 radical (unpaired) electrons. The van der Waals surface area contributed by atoms with E-state index in [0.717, 1.165) is 16.5 Å². The molecule has 1 N–H and O–H groups in total. The summed E-state index contributed by atoms with van der Waals surface area (Å²) in [7, 11) is 1.52. The Morgan fingerprint density at radius 2 is 1.58 bits per heavy atom. The van der Waals surface area contributed by atoms with Crippen molar-refractivity contribution in [1.82, 2.24) is 9.88 Å². The maximum absolute atomic E-state index is 12.4. The van der Waals surface area contributed by atoms with Gasteiger partial charge >= 0.3 is 12.4 Å². The summed E-state index contributed by atoms with van der Waals surface area (Å²) in [5, 5.41) is 0.843. The molecule has 0 atom stereocenters. The number of alkyl halides is 6. The van der Waals surface area contributed by atoms with Crippen LogP contribution in [0.25, 0.3) is 10.9 Å². The van der Waals surface area contributed by atoms with Crippen LogP contribution < -0.4 is 4.74 Å². The molecule has 26 heavy (non-hydrogen) atoms. The van der Waals surface area contributed by atoms with Crippen molar-refractivity contribution < 1.29 is 31.1 Å². The second-order valence-corrected chi connectivity index (χ2v) is 6.05. The largest absolute Gasteiger partial charge is 0.497 e. The van der Waals surface area contributed by atoms with Gasteiger partial charge in [0.15, 0.2) is 0 Å². The molecular weight excluding hydrogens is 362 g/mol. The van der Waals surface area contributed by atoms with Crippen LogP contribution in [0.2, 0.25) is 0 Å². The maximum Gasteiger partial charge on any atom is 0.390 e. The first-order valence-corrected chi connectivity index (χ1v) is 8.07. The zero-order chi connectivity index (χ0) is 19.4. The van der Waals surface area contributed by atoms with Crippen LogP contribution in [0.15, 0.2) is 24.4 Å². The SMILES string of the molecule is COc1ccc2[nH]cc(CCN(CCC(F)(F)F)CCC(F)(F)F)c2c1. The highest BCUT2D eigenvalue weighted by atomic mass is 19.4. The third-order valence-corrected chi connectivity index (χ3v) is 4.09. The standard InChI is InChI=1S/C17H20F6N2O/c1-26-13-2-3-15-14(10-13)12(11-24-15)4-7-25(8-5-16(18,19)20)9-6-17(21,22)23/h2-3,10-11,24H,4-9H2,1H3. The number of nitrogens with zero attached hydrogens (tertiary/aromatic N) is 1. The van der Waals surface area contributed by atoms with E-state index in [4.69, 9.17) is 4.74 Å². The zero-order valence-corrected chi connectivity index (χ0v) is 14.2. The summed E-state index contributed by atoms with van der Waals surface area (Å²) < 4.78 is 79.7. The Morgan fingerprint density at radius 3 is 2.12 bits per heavy atom. The van der Waals surface area contributed by atoms with E-state index < -0.39 is 38.3 Å². The van der Waals surface area contributed by atoms with E-state index in [1.807, 2.05) is 6.07 Å². The van der Waals surface area contributed by atoms with Crippen molar-refractivity contribution >= 4 is 10.9 Å². The lowest BCUT2D eigenvalue weighted by Crippen LogP contribution is -2.33. The van der Waals surface area contributed by atoms with Gasteiger partial charge in [-0.05, 0) is 30.2 Å².